The van der Waals surface area contributed by atoms with Crippen LogP contribution in [-0.2, 0) is 4.74 Å². The van der Waals surface area contributed by atoms with Gasteiger partial charge in [0.2, 0.25) is 0 Å². The topological polar surface area (TPSA) is 21.3 Å². The highest BCUT2D eigenvalue weighted by Gasteiger charge is 2.18. The van der Waals surface area contributed by atoms with Crippen LogP contribution in [0.3, 0.4) is 0 Å². The van der Waals surface area contributed by atoms with Crippen LogP contribution in [-0.4, -0.2) is 25.8 Å². The van der Waals surface area contributed by atoms with Crippen molar-refractivity contribution in [1.29, 1.82) is 0 Å². The van der Waals surface area contributed by atoms with Crippen molar-refractivity contribution in [2.24, 2.45) is 17.8 Å². The van der Waals surface area contributed by atoms with Crippen LogP contribution >= 0.6 is 0 Å². The molecule has 2 aliphatic rings. The highest BCUT2D eigenvalue weighted by atomic mass is 16.5. The van der Waals surface area contributed by atoms with Crippen LogP contribution in [0.15, 0.2) is 0 Å². The Kier molecular flexibility index (Phi) is 7.14. The molecule has 2 fully saturated rings. The fraction of sp³-hybridized carbons (Fsp3) is 1.00. The predicted molar refractivity (Wildman–Crippen MR) is 74.2 cm³/mol. The second kappa shape index (κ2) is 8.10. The Balaban J connectivity index is 0.000000181. The summed E-state index contributed by atoms with van der Waals surface area (Å²) in [5.74, 6) is 2.55. The number of hydrogen-bond donors (Lipinski definition) is 1. The van der Waals surface area contributed by atoms with Crippen molar-refractivity contribution < 1.29 is 4.74 Å². The molecule has 0 aromatic rings. The second-order valence-electron chi connectivity index (χ2n) is 6.04. The fourth-order valence-corrected chi connectivity index (χ4v) is 2.74. The molecule has 17 heavy (non-hydrogen) atoms. The second-order valence-corrected chi connectivity index (χ2v) is 6.04. The van der Waals surface area contributed by atoms with Gasteiger partial charge in [0.1, 0.15) is 0 Å². The predicted octanol–water partition coefficient (Wildman–Crippen LogP) is 3.46. The number of rotatable bonds is 2. The first-order valence-electron chi connectivity index (χ1n) is 7.44. The minimum atomic E-state index is 0.764. The Bertz CT molecular complexity index is 185. The van der Waals surface area contributed by atoms with Crippen molar-refractivity contribution >= 4 is 0 Å². The number of ether oxygens (including phenoxy) is 1. The smallest absolute Gasteiger partial charge is 0.0494 e. The van der Waals surface area contributed by atoms with Crippen molar-refractivity contribution in [2.45, 2.75) is 59.4 Å². The van der Waals surface area contributed by atoms with E-state index in [0.29, 0.717) is 0 Å². The van der Waals surface area contributed by atoms with E-state index in [1.165, 1.54) is 32.2 Å². The van der Waals surface area contributed by atoms with Crippen LogP contribution in [0.25, 0.3) is 0 Å². The summed E-state index contributed by atoms with van der Waals surface area (Å²) in [6.07, 6.45) is 5.40. The highest BCUT2D eigenvalue weighted by molar-refractivity contribution is 4.75. The normalized spacial score (nSPS) is 37.4. The molecule has 102 valence electrons. The monoisotopic (exact) mass is 241 g/mol. The van der Waals surface area contributed by atoms with Crippen LogP contribution in [0.4, 0.5) is 0 Å². The Labute approximate surface area is 108 Å². The molecule has 0 spiro atoms. The summed E-state index contributed by atoms with van der Waals surface area (Å²) in [5, 5.41) is 3.37. The molecule has 2 heteroatoms. The summed E-state index contributed by atoms with van der Waals surface area (Å²) >= 11 is 0. The molecule has 0 aromatic carbocycles. The zero-order chi connectivity index (χ0) is 12.7. The van der Waals surface area contributed by atoms with Gasteiger partial charge in [-0.15, -0.1) is 0 Å². The van der Waals surface area contributed by atoms with E-state index in [1.807, 2.05) is 0 Å². The third kappa shape index (κ3) is 5.87. The Morgan fingerprint density at radius 3 is 2.35 bits per heavy atom. The van der Waals surface area contributed by atoms with E-state index in [1.54, 1.807) is 0 Å². The van der Waals surface area contributed by atoms with Crippen LogP contribution < -0.4 is 5.32 Å². The first-order chi connectivity index (χ1) is 8.13. The van der Waals surface area contributed by atoms with E-state index < -0.39 is 0 Å². The van der Waals surface area contributed by atoms with Crippen LogP contribution in [0, 0.1) is 17.8 Å². The van der Waals surface area contributed by atoms with Gasteiger partial charge in [-0.1, -0.05) is 27.2 Å². The first-order valence-corrected chi connectivity index (χ1v) is 7.44. The van der Waals surface area contributed by atoms with Crippen LogP contribution in [0.5, 0.6) is 0 Å². The van der Waals surface area contributed by atoms with Gasteiger partial charge in [0.25, 0.3) is 0 Å². The van der Waals surface area contributed by atoms with Crippen molar-refractivity contribution in [3.8, 4) is 0 Å². The lowest BCUT2D eigenvalue weighted by Gasteiger charge is -2.26. The van der Waals surface area contributed by atoms with Crippen LogP contribution in [0.1, 0.15) is 53.4 Å². The number of hydrogen-bond acceptors (Lipinski definition) is 2. The highest BCUT2D eigenvalue weighted by Crippen LogP contribution is 2.22. The van der Waals surface area contributed by atoms with E-state index in [4.69, 9.17) is 4.74 Å². The van der Waals surface area contributed by atoms with Crippen molar-refractivity contribution in [2.75, 3.05) is 19.8 Å². The molecule has 2 rings (SSSR count). The Morgan fingerprint density at radius 2 is 1.94 bits per heavy atom. The molecule has 2 heterocycles. The molecular formula is C15H31NO. The maximum absolute atomic E-state index is 5.45. The molecule has 0 aromatic heterocycles. The van der Waals surface area contributed by atoms with E-state index in [0.717, 1.165) is 37.0 Å². The third-order valence-corrected chi connectivity index (χ3v) is 4.11. The largest absolute Gasteiger partial charge is 0.381 e. The summed E-state index contributed by atoms with van der Waals surface area (Å²) in [4.78, 5) is 0. The quantitative estimate of drug-likeness (QED) is 0.799. The molecule has 0 saturated carbocycles. The minimum Gasteiger partial charge on any atom is -0.381 e. The van der Waals surface area contributed by atoms with Gasteiger partial charge >= 0.3 is 0 Å². The van der Waals surface area contributed by atoms with Gasteiger partial charge in [0, 0.05) is 19.3 Å². The lowest BCUT2D eigenvalue weighted by atomic mass is 9.91. The summed E-state index contributed by atoms with van der Waals surface area (Å²) in [7, 11) is 0. The molecule has 2 aliphatic heterocycles. The summed E-state index contributed by atoms with van der Waals surface area (Å²) in [6.45, 7) is 12.3. The van der Waals surface area contributed by atoms with Crippen molar-refractivity contribution in [1.82, 2.24) is 5.32 Å². The molecule has 4 unspecified atom stereocenters. The van der Waals surface area contributed by atoms with E-state index >= 15 is 0 Å². The maximum atomic E-state index is 5.45. The zero-order valence-electron chi connectivity index (χ0n) is 12.2. The number of nitrogens with one attached hydrogen (secondary N) is 1. The Hall–Kier alpha value is -0.0800. The van der Waals surface area contributed by atoms with Gasteiger partial charge < -0.3 is 10.1 Å². The lowest BCUT2D eigenvalue weighted by molar-refractivity contribution is 0.0182. The molecule has 4 atom stereocenters. The summed E-state index contributed by atoms with van der Waals surface area (Å²) in [5.41, 5.74) is 0. The minimum absolute atomic E-state index is 0.764. The van der Waals surface area contributed by atoms with Gasteiger partial charge in [-0.3, -0.25) is 0 Å². The summed E-state index contributed by atoms with van der Waals surface area (Å²) < 4.78 is 5.45. The van der Waals surface area contributed by atoms with E-state index in [2.05, 4.69) is 33.0 Å². The Morgan fingerprint density at radius 1 is 1.18 bits per heavy atom. The molecule has 0 amide bonds. The molecule has 0 bridgehead atoms. The molecule has 2 nitrogen and oxygen atoms in total. The van der Waals surface area contributed by atoms with Crippen LogP contribution in [0.2, 0.25) is 0 Å². The van der Waals surface area contributed by atoms with Crippen molar-refractivity contribution in [3.05, 3.63) is 0 Å². The average molecular weight is 241 g/mol. The van der Waals surface area contributed by atoms with Gasteiger partial charge in [0.15, 0.2) is 0 Å². The van der Waals surface area contributed by atoms with Crippen molar-refractivity contribution in [3.63, 3.8) is 0 Å². The molecule has 0 radical (unpaired) electrons. The standard InChI is InChI=1S/C9H18O.C6H13N/c1-3-4-9-5-8(2)6-10-7-9;1-5-3-4-7-6(5)2/h8-9H,3-7H2,1-2H3;5-7H,3-4H2,1-2H3. The van der Waals surface area contributed by atoms with Gasteiger partial charge in [-0.2, -0.15) is 0 Å². The first kappa shape index (κ1) is 15.0. The zero-order valence-corrected chi connectivity index (χ0v) is 12.2. The average Bonchev–Trinajstić information content (AvgIpc) is 2.65. The fourth-order valence-electron chi connectivity index (χ4n) is 2.74. The SMILES string of the molecule is CC1CCNC1C.CCCC1COCC(C)C1. The van der Waals surface area contributed by atoms with E-state index in [-0.39, 0.29) is 0 Å². The van der Waals surface area contributed by atoms with Gasteiger partial charge in [-0.25, -0.2) is 0 Å². The third-order valence-electron chi connectivity index (χ3n) is 4.11. The van der Waals surface area contributed by atoms with Gasteiger partial charge in [0.05, 0.1) is 0 Å². The summed E-state index contributed by atoms with van der Waals surface area (Å²) in [6, 6.07) is 0.764. The molecule has 0 aliphatic carbocycles. The lowest BCUT2D eigenvalue weighted by Crippen LogP contribution is -2.23. The molecular weight excluding hydrogens is 210 g/mol. The van der Waals surface area contributed by atoms with E-state index in [9.17, 15) is 0 Å². The maximum Gasteiger partial charge on any atom is 0.0494 e. The van der Waals surface area contributed by atoms with Gasteiger partial charge in [-0.05, 0) is 50.5 Å². The molecule has 2 saturated heterocycles. The molecule has 1 N–H and O–H groups in total.